The first kappa shape index (κ1) is 35.0. The molecule has 17 heteroatoms. The van der Waals surface area contributed by atoms with Crippen molar-refractivity contribution in [1.29, 1.82) is 0 Å². The molecule has 0 heterocycles. The number of nitrogens with one attached hydrogen (secondary N) is 3. The maximum Gasteiger partial charge on any atom is 0.335 e. The Kier molecular flexibility index (Phi) is 9.06. The number of phenolic OH excluding ortho intramolecular Hbond substituents is 2. The number of fused-ring (bicyclic) bond motifs is 2. The normalized spacial score (nSPS) is 11.5. The summed E-state index contributed by atoms with van der Waals surface area (Å²) in [5, 5.41) is 41.7. The van der Waals surface area contributed by atoms with Crippen molar-refractivity contribution in [3.63, 3.8) is 0 Å². The molecule has 0 fully saturated rings. The molecule has 52 heavy (non-hydrogen) atoms. The van der Waals surface area contributed by atoms with Crippen LogP contribution in [0.25, 0.3) is 21.5 Å². The van der Waals surface area contributed by atoms with Gasteiger partial charge in [-0.25, -0.2) is 31.4 Å². The third kappa shape index (κ3) is 7.21. The van der Waals surface area contributed by atoms with Gasteiger partial charge in [-0.3, -0.25) is 19.7 Å². The maximum atomic E-state index is 13.2. The summed E-state index contributed by atoms with van der Waals surface area (Å²) in [5.74, 6) is -3.06. The lowest BCUT2D eigenvalue weighted by atomic mass is 10.1. The van der Waals surface area contributed by atoms with Crippen LogP contribution in [0.1, 0.15) is 20.7 Å². The van der Waals surface area contributed by atoms with Gasteiger partial charge in [0.25, 0.3) is 20.0 Å². The molecular formula is C35H26N4O11S2. The van der Waals surface area contributed by atoms with Crippen molar-refractivity contribution in [3.05, 3.63) is 120 Å². The van der Waals surface area contributed by atoms with Gasteiger partial charge < -0.3 is 20.4 Å². The minimum atomic E-state index is -4.25. The first-order valence-corrected chi connectivity index (χ1v) is 17.9. The molecule has 0 aromatic heterocycles. The summed E-state index contributed by atoms with van der Waals surface area (Å²) in [6.07, 6.45) is 0.437. The number of hydrazine groups is 1. The molecule has 0 unspecified atom stereocenters. The molecule has 0 saturated carbocycles. The Balaban J connectivity index is 1.27. The van der Waals surface area contributed by atoms with Gasteiger partial charge in [0.1, 0.15) is 11.5 Å². The molecule has 0 saturated heterocycles. The monoisotopic (exact) mass is 742 g/mol. The van der Waals surface area contributed by atoms with Gasteiger partial charge in [-0.05, 0) is 108 Å². The highest BCUT2D eigenvalue weighted by atomic mass is 32.2. The van der Waals surface area contributed by atoms with Crippen LogP contribution < -0.4 is 19.9 Å². The Morgan fingerprint density at radius 3 is 1.42 bits per heavy atom. The molecule has 0 aliphatic heterocycles. The minimum Gasteiger partial charge on any atom is -0.507 e. The third-order valence-electron chi connectivity index (χ3n) is 7.81. The molecule has 7 N–H and O–H groups in total. The number of carbonyl (C=O) groups is 3. The third-order valence-corrected chi connectivity index (χ3v) is 10.5. The van der Waals surface area contributed by atoms with Gasteiger partial charge in [0.2, 0.25) is 6.41 Å². The number of anilines is 4. The highest BCUT2D eigenvalue weighted by molar-refractivity contribution is 7.93. The van der Waals surface area contributed by atoms with Crippen LogP contribution in [0.4, 0.5) is 22.7 Å². The molecule has 264 valence electrons. The molecular weight excluding hydrogens is 717 g/mol. The zero-order valence-corrected chi connectivity index (χ0v) is 28.0. The SMILES string of the molecule is O=CN(Nc1ccc2c(O)cc(S(=O)(=O)Nc3ccc(C(=O)O)cc3)cc2c1)c1ccc2c(O)cc(S(=O)(=O)Nc3ccc(C(=O)O)cc3)cc2c1. The number of sulfonamides is 2. The van der Waals surface area contributed by atoms with Gasteiger partial charge in [-0.15, -0.1) is 0 Å². The molecule has 0 aliphatic carbocycles. The summed E-state index contributed by atoms with van der Waals surface area (Å²) >= 11 is 0. The van der Waals surface area contributed by atoms with E-state index in [1.165, 1.54) is 97.1 Å². The van der Waals surface area contributed by atoms with Gasteiger partial charge in [0.05, 0.1) is 32.3 Å². The first-order valence-electron chi connectivity index (χ1n) is 14.9. The summed E-state index contributed by atoms with van der Waals surface area (Å²) in [6.45, 7) is 0. The van der Waals surface area contributed by atoms with E-state index in [9.17, 15) is 41.4 Å². The number of benzene rings is 6. The van der Waals surface area contributed by atoms with E-state index in [-0.39, 0.29) is 65.6 Å². The van der Waals surface area contributed by atoms with Crippen molar-refractivity contribution >= 4 is 82.7 Å². The Labute approximate surface area is 295 Å². The highest BCUT2D eigenvalue weighted by Gasteiger charge is 2.20. The summed E-state index contributed by atoms with van der Waals surface area (Å²) in [6, 6.07) is 23.7. The number of rotatable bonds is 12. The van der Waals surface area contributed by atoms with Crippen molar-refractivity contribution in [3.8, 4) is 11.5 Å². The average molecular weight is 743 g/mol. The number of carboxylic acids is 2. The number of hydrogen-bond donors (Lipinski definition) is 7. The second-order valence-electron chi connectivity index (χ2n) is 11.3. The quantitative estimate of drug-likeness (QED) is 0.0617. The first-order chi connectivity index (χ1) is 24.6. The second-order valence-corrected chi connectivity index (χ2v) is 14.7. The highest BCUT2D eigenvalue weighted by Crippen LogP contribution is 2.34. The number of hydrogen-bond acceptors (Lipinski definition) is 10. The van der Waals surface area contributed by atoms with Crippen molar-refractivity contribution < 1.29 is 51.6 Å². The van der Waals surface area contributed by atoms with Crippen LogP contribution in [0, 0.1) is 0 Å². The number of phenols is 2. The van der Waals surface area contributed by atoms with Crippen LogP contribution in [0.5, 0.6) is 11.5 Å². The van der Waals surface area contributed by atoms with E-state index in [4.69, 9.17) is 10.2 Å². The average Bonchev–Trinajstić information content (AvgIpc) is 3.10. The minimum absolute atomic E-state index is 0.0356. The van der Waals surface area contributed by atoms with E-state index in [1.807, 2.05) is 0 Å². The van der Waals surface area contributed by atoms with Crippen LogP contribution in [0.2, 0.25) is 0 Å². The molecule has 0 aliphatic rings. The van der Waals surface area contributed by atoms with Gasteiger partial charge in [0.15, 0.2) is 0 Å². The van der Waals surface area contributed by atoms with E-state index in [0.29, 0.717) is 17.5 Å². The van der Waals surface area contributed by atoms with Crippen molar-refractivity contribution in [2.75, 3.05) is 19.9 Å². The lowest BCUT2D eigenvalue weighted by Crippen LogP contribution is -2.27. The second kappa shape index (κ2) is 13.5. The van der Waals surface area contributed by atoms with Crippen LogP contribution in [-0.4, -0.2) is 55.6 Å². The van der Waals surface area contributed by atoms with Crippen molar-refractivity contribution in [2.45, 2.75) is 9.79 Å². The van der Waals surface area contributed by atoms with Crippen molar-refractivity contribution in [2.24, 2.45) is 0 Å². The molecule has 0 radical (unpaired) electrons. The Bertz CT molecular complexity index is 2630. The van der Waals surface area contributed by atoms with Crippen molar-refractivity contribution in [1.82, 2.24) is 0 Å². The zero-order valence-electron chi connectivity index (χ0n) is 26.4. The summed E-state index contributed by atoms with van der Waals surface area (Å²) in [5.41, 5.74) is 3.51. The number of carboxylic acid groups (broad SMARTS) is 2. The molecule has 0 spiro atoms. The zero-order chi connectivity index (χ0) is 37.4. The topological polar surface area (TPSA) is 240 Å². The van der Waals surface area contributed by atoms with Crippen LogP contribution in [0.15, 0.2) is 119 Å². The predicted octanol–water partition coefficient (Wildman–Crippen LogP) is 5.39. The molecule has 6 rings (SSSR count). The lowest BCUT2D eigenvalue weighted by Gasteiger charge is -2.21. The number of aromatic carboxylic acids is 2. The van der Waals surface area contributed by atoms with E-state index >= 15 is 0 Å². The molecule has 6 aromatic rings. The van der Waals surface area contributed by atoms with E-state index in [0.717, 1.165) is 17.1 Å². The van der Waals surface area contributed by atoms with Crippen LogP contribution >= 0.6 is 0 Å². The maximum absolute atomic E-state index is 13.2. The molecule has 0 atom stereocenters. The number of nitrogens with zero attached hydrogens (tertiary/aromatic N) is 1. The molecule has 15 nitrogen and oxygen atoms in total. The molecule has 1 amide bonds. The molecule has 0 bridgehead atoms. The van der Waals surface area contributed by atoms with Gasteiger partial charge >= 0.3 is 11.9 Å². The van der Waals surface area contributed by atoms with Crippen LogP contribution in [0.3, 0.4) is 0 Å². The molecule has 6 aromatic carbocycles. The predicted molar refractivity (Wildman–Crippen MR) is 192 cm³/mol. The van der Waals surface area contributed by atoms with Gasteiger partial charge in [-0.1, -0.05) is 0 Å². The Morgan fingerprint density at radius 2 is 0.981 bits per heavy atom. The number of carbonyl (C=O) groups excluding carboxylic acids is 1. The van der Waals surface area contributed by atoms with E-state index in [1.54, 1.807) is 0 Å². The lowest BCUT2D eigenvalue weighted by molar-refractivity contribution is -0.107. The number of amides is 1. The summed E-state index contributed by atoms with van der Waals surface area (Å²) < 4.78 is 57.4. The summed E-state index contributed by atoms with van der Waals surface area (Å²) in [4.78, 5) is 33.9. The largest absolute Gasteiger partial charge is 0.507 e. The number of aromatic hydroxyl groups is 2. The fourth-order valence-corrected chi connectivity index (χ4v) is 7.47. The fourth-order valence-electron chi connectivity index (χ4n) is 5.24. The van der Waals surface area contributed by atoms with Crippen LogP contribution in [-0.2, 0) is 24.8 Å². The standard InChI is InChI=1S/C35H26N4O11S2/c40-19-39(27-10-12-31-23(14-27)16-29(18-33(31)42)52(49,50)38-25-7-3-21(4-8-25)35(45)46)36-26-9-11-30-22(13-26)15-28(17-32(30)41)51(47,48)37-24-5-1-20(2-6-24)34(43)44/h1-19,36-38,41-42H,(H,43,44)(H,45,46). The Hall–Kier alpha value is -6.85. The Morgan fingerprint density at radius 1 is 0.558 bits per heavy atom. The van der Waals surface area contributed by atoms with Gasteiger partial charge in [-0.2, -0.15) is 0 Å². The fraction of sp³-hybridized carbons (Fsp3) is 0. The van der Waals surface area contributed by atoms with E-state index < -0.39 is 32.0 Å². The summed E-state index contributed by atoms with van der Waals surface area (Å²) in [7, 11) is -8.49. The smallest absolute Gasteiger partial charge is 0.335 e. The van der Waals surface area contributed by atoms with E-state index in [2.05, 4.69) is 14.9 Å². The van der Waals surface area contributed by atoms with Gasteiger partial charge in [0, 0.05) is 34.3 Å².